The van der Waals surface area contributed by atoms with Crippen molar-refractivity contribution in [2.75, 3.05) is 6.61 Å². The second-order valence-corrected chi connectivity index (χ2v) is 3.62. The molecule has 0 amide bonds. The Bertz CT molecular complexity index is 123. The lowest BCUT2D eigenvalue weighted by molar-refractivity contribution is 0.164. The molecule has 0 aromatic carbocycles. The highest BCUT2D eigenvalue weighted by molar-refractivity contribution is 5.38. The van der Waals surface area contributed by atoms with E-state index in [1.807, 2.05) is 0 Å². The van der Waals surface area contributed by atoms with E-state index >= 15 is 0 Å². The summed E-state index contributed by atoms with van der Waals surface area (Å²) in [4.78, 5) is 9.82. The van der Waals surface area contributed by atoms with E-state index in [2.05, 4.69) is 32.4 Å². The summed E-state index contributed by atoms with van der Waals surface area (Å²) in [7, 11) is 0. The molecule has 0 bridgehead atoms. The normalized spacial score (nSPS) is 18.0. The van der Waals surface area contributed by atoms with Gasteiger partial charge in [0.05, 0.1) is 6.61 Å². The van der Waals surface area contributed by atoms with E-state index < -0.39 is 0 Å². The Kier molecular flexibility index (Phi) is 5.77. The molecule has 3 atom stereocenters. The molecule has 0 aliphatic carbocycles. The van der Waals surface area contributed by atoms with Gasteiger partial charge in [0.15, 0.2) is 0 Å². The van der Waals surface area contributed by atoms with E-state index in [1.54, 1.807) is 0 Å². The fraction of sp³-hybridized carbons (Fsp3) is 0.900. The van der Waals surface area contributed by atoms with E-state index in [9.17, 15) is 4.79 Å². The third-order valence-corrected chi connectivity index (χ3v) is 2.84. The van der Waals surface area contributed by atoms with Crippen molar-refractivity contribution in [2.45, 2.75) is 34.1 Å². The molecule has 0 fully saturated rings. The van der Waals surface area contributed by atoms with Gasteiger partial charge in [-0.05, 0) is 17.8 Å². The molecule has 0 aromatic rings. The number of hydrogen-bond donors (Lipinski definition) is 0. The standard InChI is InChI=1S/C10H19O2/c1-5-8(2)10(4)9(3)6-12-7-11/h8-10H,5-6H2,1-4H3. The van der Waals surface area contributed by atoms with Crippen LogP contribution in [-0.2, 0) is 9.53 Å². The van der Waals surface area contributed by atoms with Gasteiger partial charge in [0.2, 0.25) is 0 Å². The Balaban J connectivity index is 3.74. The van der Waals surface area contributed by atoms with Gasteiger partial charge in [0.1, 0.15) is 0 Å². The molecule has 0 rings (SSSR count). The van der Waals surface area contributed by atoms with Gasteiger partial charge < -0.3 is 4.74 Å². The quantitative estimate of drug-likeness (QED) is 0.613. The lowest BCUT2D eigenvalue weighted by Crippen LogP contribution is -2.20. The van der Waals surface area contributed by atoms with E-state index in [1.165, 1.54) is 12.9 Å². The molecule has 2 nitrogen and oxygen atoms in total. The first-order valence-electron chi connectivity index (χ1n) is 4.62. The molecule has 0 N–H and O–H groups in total. The van der Waals surface area contributed by atoms with Gasteiger partial charge in [0.25, 0.3) is 0 Å². The Morgan fingerprint density at radius 1 is 1.25 bits per heavy atom. The molecule has 0 spiro atoms. The van der Waals surface area contributed by atoms with Gasteiger partial charge in [-0.1, -0.05) is 34.1 Å². The predicted octanol–water partition coefficient (Wildman–Crippen LogP) is 2.39. The van der Waals surface area contributed by atoms with E-state index in [0.29, 0.717) is 24.4 Å². The van der Waals surface area contributed by atoms with Crippen LogP contribution in [0.4, 0.5) is 0 Å². The molecule has 0 aromatic heterocycles. The summed E-state index contributed by atoms with van der Waals surface area (Å²) in [6.07, 6.45) is 1.18. The van der Waals surface area contributed by atoms with Crippen LogP contribution in [0.3, 0.4) is 0 Å². The second-order valence-electron chi connectivity index (χ2n) is 3.62. The van der Waals surface area contributed by atoms with E-state index in [4.69, 9.17) is 0 Å². The van der Waals surface area contributed by atoms with Gasteiger partial charge in [-0.2, -0.15) is 0 Å². The van der Waals surface area contributed by atoms with Crippen molar-refractivity contribution in [2.24, 2.45) is 17.8 Å². The molecule has 0 aliphatic rings. The SMILES string of the molecule is CCC(C)C(C)C(C)CO[C]=O. The molecule has 3 unspecified atom stereocenters. The topological polar surface area (TPSA) is 26.3 Å². The molecular weight excluding hydrogens is 152 g/mol. The van der Waals surface area contributed by atoms with E-state index in [0.717, 1.165) is 0 Å². The molecular formula is C10H19O2. The van der Waals surface area contributed by atoms with Gasteiger partial charge in [-0.15, -0.1) is 0 Å². The summed E-state index contributed by atoms with van der Waals surface area (Å²) < 4.78 is 4.61. The summed E-state index contributed by atoms with van der Waals surface area (Å²) in [6.45, 7) is 10.7. The molecule has 1 radical (unpaired) electrons. The van der Waals surface area contributed by atoms with Crippen LogP contribution in [0, 0.1) is 17.8 Å². The van der Waals surface area contributed by atoms with Crippen molar-refractivity contribution in [3.8, 4) is 0 Å². The molecule has 0 saturated heterocycles. The van der Waals surface area contributed by atoms with Crippen LogP contribution in [0.2, 0.25) is 0 Å². The van der Waals surface area contributed by atoms with Gasteiger partial charge >= 0.3 is 6.47 Å². The minimum Gasteiger partial charge on any atom is -0.457 e. The average Bonchev–Trinajstić information content (AvgIpc) is 2.11. The minimum atomic E-state index is 0.432. The first-order chi connectivity index (χ1) is 5.63. The Labute approximate surface area is 75.3 Å². The van der Waals surface area contributed by atoms with Crippen molar-refractivity contribution in [1.29, 1.82) is 0 Å². The fourth-order valence-electron chi connectivity index (χ4n) is 1.25. The molecule has 0 heterocycles. The highest BCUT2D eigenvalue weighted by Crippen LogP contribution is 2.22. The summed E-state index contributed by atoms with van der Waals surface area (Å²) in [5.41, 5.74) is 0. The Morgan fingerprint density at radius 3 is 2.25 bits per heavy atom. The maximum absolute atomic E-state index is 9.82. The number of ether oxygens (including phenoxy) is 1. The van der Waals surface area contributed by atoms with Crippen molar-refractivity contribution >= 4 is 6.47 Å². The maximum atomic E-state index is 9.82. The Hall–Kier alpha value is -0.530. The van der Waals surface area contributed by atoms with Crippen LogP contribution < -0.4 is 0 Å². The van der Waals surface area contributed by atoms with Crippen molar-refractivity contribution in [3.63, 3.8) is 0 Å². The van der Waals surface area contributed by atoms with E-state index in [-0.39, 0.29) is 0 Å². The number of rotatable bonds is 6. The highest BCUT2D eigenvalue weighted by Gasteiger charge is 2.17. The number of carbonyl (C=O) groups excluding carboxylic acids is 1. The monoisotopic (exact) mass is 171 g/mol. The Morgan fingerprint density at radius 2 is 1.83 bits per heavy atom. The zero-order chi connectivity index (χ0) is 9.56. The lowest BCUT2D eigenvalue weighted by Gasteiger charge is -2.24. The third-order valence-electron chi connectivity index (χ3n) is 2.84. The first-order valence-corrected chi connectivity index (χ1v) is 4.62. The van der Waals surface area contributed by atoms with Gasteiger partial charge in [-0.25, -0.2) is 4.79 Å². The smallest absolute Gasteiger partial charge is 0.417 e. The van der Waals surface area contributed by atoms with Crippen LogP contribution in [-0.4, -0.2) is 13.1 Å². The van der Waals surface area contributed by atoms with Crippen molar-refractivity contribution in [3.05, 3.63) is 0 Å². The average molecular weight is 171 g/mol. The zero-order valence-electron chi connectivity index (χ0n) is 8.46. The summed E-state index contributed by atoms with van der Waals surface area (Å²) in [5, 5.41) is 0. The van der Waals surface area contributed by atoms with Crippen molar-refractivity contribution in [1.82, 2.24) is 0 Å². The predicted molar refractivity (Wildman–Crippen MR) is 49.4 cm³/mol. The van der Waals surface area contributed by atoms with Gasteiger partial charge in [0, 0.05) is 0 Å². The third kappa shape index (κ3) is 3.74. The molecule has 12 heavy (non-hydrogen) atoms. The second kappa shape index (κ2) is 6.04. The summed E-state index contributed by atoms with van der Waals surface area (Å²) in [5.74, 6) is 1.72. The van der Waals surface area contributed by atoms with Crippen LogP contribution in [0.5, 0.6) is 0 Å². The fourth-order valence-corrected chi connectivity index (χ4v) is 1.25. The first kappa shape index (κ1) is 11.5. The van der Waals surface area contributed by atoms with Crippen LogP contribution in [0.15, 0.2) is 0 Å². The van der Waals surface area contributed by atoms with Crippen molar-refractivity contribution < 1.29 is 9.53 Å². The molecule has 0 aliphatic heterocycles. The minimum absolute atomic E-state index is 0.432. The number of hydrogen-bond acceptors (Lipinski definition) is 2. The summed E-state index contributed by atoms with van der Waals surface area (Å²) in [6, 6.07) is 0. The largest absolute Gasteiger partial charge is 0.457 e. The van der Waals surface area contributed by atoms with Crippen LogP contribution in [0.1, 0.15) is 34.1 Å². The molecule has 71 valence electrons. The zero-order valence-corrected chi connectivity index (χ0v) is 8.46. The van der Waals surface area contributed by atoms with Crippen LogP contribution in [0.25, 0.3) is 0 Å². The van der Waals surface area contributed by atoms with Gasteiger partial charge in [-0.3, -0.25) is 0 Å². The van der Waals surface area contributed by atoms with Crippen LogP contribution >= 0.6 is 0 Å². The highest BCUT2D eigenvalue weighted by atomic mass is 16.5. The lowest BCUT2D eigenvalue weighted by atomic mass is 9.84. The summed E-state index contributed by atoms with van der Waals surface area (Å²) >= 11 is 0. The molecule has 0 saturated carbocycles. The molecule has 2 heteroatoms. The maximum Gasteiger partial charge on any atom is 0.417 e.